The summed E-state index contributed by atoms with van der Waals surface area (Å²) in [5.41, 5.74) is 3.43. The molecular weight excluding hydrogens is 480 g/mol. The molecule has 38 heavy (non-hydrogen) atoms. The second-order valence-electron chi connectivity index (χ2n) is 10.4. The van der Waals surface area contributed by atoms with E-state index in [-0.39, 0.29) is 19.1 Å². The largest absolute Gasteiger partial charge is 0.465 e. The van der Waals surface area contributed by atoms with Crippen LogP contribution in [0.15, 0.2) is 48.5 Å². The van der Waals surface area contributed by atoms with Crippen LogP contribution in [0.4, 0.5) is 16.2 Å². The Balaban J connectivity index is 1.46. The molecule has 2 aromatic carbocycles. The van der Waals surface area contributed by atoms with Gasteiger partial charge < -0.3 is 25.2 Å². The molecule has 0 aromatic heterocycles. The van der Waals surface area contributed by atoms with Crippen molar-refractivity contribution in [2.75, 3.05) is 49.5 Å². The van der Waals surface area contributed by atoms with Crippen LogP contribution in [0.25, 0.3) is 0 Å². The van der Waals surface area contributed by atoms with Crippen LogP contribution in [0.1, 0.15) is 55.5 Å². The van der Waals surface area contributed by atoms with E-state index in [0.717, 1.165) is 64.0 Å². The van der Waals surface area contributed by atoms with Crippen molar-refractivity contribution in [3.63, 3.8) is 0 Å². The van der Waals surface area contributed by atoms with E-state index in [0.29, 0.717) is 23.1 Å². The molecule has 0 atom stereocenters. The highest BCUT2D eigenvalue weighted by molar-refractivity contribution is 6.02. The van der Waals surface area contributed by atoms with E-state index in [1.54, 1.807) is 13.0 Å². The van der Waals surface area contributed by atoms with Crippen LogP contribution in [-0.4, -0.2) is 62.1 Å². The highest BCUT2D eigenvalue weighted by atomic mass is 16.5. The lowest BCUT2D eigenvalue weighted by molar-refractivity contribution is -0.141. The number of nitrogens with zero attached hydrogens (tertiary/aromatic N) is 2. The molecule has 3 amide bonds. The monoisotopic (exact) mass is 520 g/mol. The zero-order valence-electron chi connectivity index (χ0n) is 22.6. The summed E-state index contributed by atoms with van der Waals surface area (Å²) in [6.07, 6.45) is 5.22. The molecule has 204 valence electrons. The van der Waals surface area contributed by atoms with E-state index < -0.39 is 12.0 Å². The van der Waals surface area contributed by atoms with Crippen molar-refractivity contribution in [1.29, 1.82) is 0 Å². The molecule has 0 radical (unpaired) electrons. The van der Waals surface area contributed by atoms with E-state index in [9.17, 15) is 14.4 Å². The average Bonchev–Trinajstić information content (AvgIpc) is 2.93. The van der Waals surface area contributed by atoms with Crippen LogP contribution in [0.5, 0.6) is 0 Å². The number of likely N-dealkylation sites (tertiary alicyclic amines) is 1. The highest BCUT2D eigenvalue weighted by Crippen LogP contribution is 2.31. The Morgan fingerprint density at radius 1 is 0.947 bits per heavy atom. The third-order valence-corrected chi connectivity index (χ3v) is 7.58. The van der Waals surface area contributed by atoms with Crippen LogP contribution in [0.2, 0.25) is 0 Å². The summed E-state index contributed by atoms with van der Waals surface area (Å²) in [4.78, 5) is 41.9. The van der Waals surface area contributed by atoms with Gasteiger partial charge in [-0.3, -0.25) is 9.59 Å². The molecule has 4 rings (SSSR count). The van der Waals surface area contributed by atoms with Crippen molar-refractivity contribution in [3.8, 4) is 0 Å². The molecule has 2 fully saturated rings. The van der Waals surface area contributed by atoms with E-state index in [1.165, 1.54) is 5.56 Å². The second kappa shape index (κ2) is 13.3. The fraction of sp³-hybridized carbons (Fsp3) is 0.500. The Labute approximate surface area is 225 Å². The maximum Gasteiger partial charge on any atom is 0.325 e. The Morgan fingerprint density at radius 3 is 2.34 bits per heavy atom. The van der Waals surface area contributed by atoms with Crippen LogP contribution in [-0.2, 0) is 16.0 Å². The normalized spacial score (nSPS) is 16.7. The standard InChI is InChI=1S/C30H40N4O4/c1-3-38-28(35)21-31-30(37)32-25-9-10-27(26(20-25)29(36)34-15-11-22(2)12-16-34)33-17-13-24(14-18-33)19-23-7-5-4-6-8-23/h4-10,20,22,24H,3,11-19,21H2,1-2H3,(H2,31,32,37). The predicted molar refractivity (Wildman–Crippen MR) is 149 cm³/mol. The molecule has 0 spiro atoms. The number of esters is 1. The van der Waals surface area contributed by atoms with Crippen molar-refractivity contribution >= 4 is 29.3 Å². The number of urea groups is 1. The summed E-state index contributed by atoms with van der Waals surface area (Å²) in [6.45, 7) is 7.26. The summed E-state index contributed by atoms with van der Waals surface area (Å²) in [5, 5.41) is 5.27. The van der Waals surface area contributed by atoms with Crippen molar-refractivity contribution in [3.05, 3.63) is 59.7 Å². The fourth-order valence-electron chi connectivity index (χ4n) is 5.31. The number of anilines is 2. The summed E-state index contributed by atoms with van der Waals surface area (Å²) in [5.74, 6) is 0.761. The number of nitrogens with one attached hydrogen (secondary N) is 2. The number of ether oxygens (including phenoxy) is 1. The maximum atomic E-state index is 13.7. The second-order valence-corrected chi connectivity index (χ2v) is 10.4. The summed E-state index contributed by atoms with van der Waals surface area (Å²) in [6, 6.07) is 15.6. The summed E-state index contributed by atoms with van der Waals surface area (Å²) in [7, 11) is 0. The van der Waals surface area contributed by atoms with E-state index in [2.05, 4.69) is 52.8 Å². The van der Waals surface area contributed by atoms with E-state index >= 15 is 0 Å². The third kappa shape index (κ3) is 7.49. The fourth-order valence-corrected chi connectivity index (χ4v) is 5.31. The van der Waals surface area contributed by atoms with Gasteiger partial charge in [0.25, 0.3) is 5.91 Å². The number of benzene rings is 2. The molecule has 2 heterocycles. The van der Waals surface area contributed by atoms with E-state index in [4.69, 9.17) is 4.74 Å². The van der Waals surface area contributed by atoms with E-state index in [1.807, 2.05) is 17.0 Å². The topological polar surface area (TPSA) is 91.0 Å². The van der Waals surface area contributed by atoms with Gasteiger partial charge in [0.15, 0.2) is 0 Å². The zero-order chi connectivity index (χ0) is 26.9. The first-order chi connectivity index (χ1) is 18.4. The van der Waals surface area contributed by atoms with Crippen LogP contribution >= 0.6 is 0 Å². The van der Waals surface area contributed by atoms with Crippen molar-refractivity contribution in [2.45, 2.75) is 46.0 Å². The van der Waals surface area contributed by atoms with Gasteiger partial charge in [-0.1, -0.05) is 37.3 Å². The minimum atomic E-state index is -0.516. The molecule has 0 saturated carbocycles. The van der Waals surface area contributed by atoms with Crippen LogP contribution < -0.4 is 15.5 Å². The minimum absolute atomic E-state index is 0.00823. The van der Waals surface area contributed by atoms with Gasteiger partial charge in [0.05, 0.1) is 12.2 Å². The molecule has 2 aliphatic heterocycles. The van der Waals surface area contributed by atoms with Crippen molar-refractivity contribution in [1.82, 2.24) is 10.2 Å². The molecule has 2 aromatic rings. The number of carbonyl (C=O) groups excluding carboxylic acids is 3. The zero-order valence-corrected chi connectivity index (χ0v) is 22.6. The molecule has 8 nitrogen and oxygen atoms in total. The lowest BCUT2D eigenvalue weighted by Crippen LogP contribution is -2.40. The molecule has 0 unspecified atom stereocenters. The van der Waals surface area contributed by atoms with Gasteiger partial charge in [0.2, 0.25) is 0 Å². The molecule has 2 saturated heterocycles. The first kappa shape index (κ1) is 27.5. The van der Waals surface area contributed by atoms with Gasteiger partial charge >= 0.3 is 12.0 Å². The highest BCUT2D eigenvalue weighted by Gasteiger charge is 2.27. The van der Waals surface area contributed by atoms with Gasteiger partial charge in [-0.15, -0.1) is 0 Å². The van der Waals surface area contributed by atoms with Gasteiger partial charge in [0, 0.05) is 37.6 Å². The quantitative estimate of drug-likeness (QED) is 0.493. The van der Waals surface area contributed by atoms with Crippen LogP contribution in [0, 0.1) is 11.8 Å². The molecule has 0 bridgehead atoms. The molecule has 8 heteroatoms. The third-order valence-electron chi connectivity index (χ3n) is 7.58. The summed E-state index contributed by atoms with van der Waals surface area (Å²) < 4.78 is 4.85. The minimum Gasteiger partial charge on any atom is -0.465 e. The van der Waals surface area contributed by atoms with Gasteiger partial charge in [-0.2, -0.15) is 0 Å². The number of hydrogen-bond donors (Lipinski definition) is 2. The Bertz CT molecular complexity index is 1090. The number of amides is 3. The van der Waals surface area contributed by atoms with Gasteiger partial charge in [-0.25, -0.2) is 4.79 Å². The van der Waals surface area contributed by atoms with Crippen molar-refractivity contribution < 1.29 is 19.1 Å². The van der Waals surface area contributed by atoms with Gasteiger partial charge in [-0.05, 0) is 74.6 Å². The molecule has 2 N–H and O–H groups in total. The SMILES string of the molecule is CCOC(=O)CNC(=O)Nc1ccc(N2CCC(Cc3ccccc3)CC2)c(C(=O)N2CCC(C)CC2)c1. The predicted octanol–water partition coefficient (Wildman–Crippen LogP) is 4.70. The van der Waals surface area contributed by atoms with Crippen LogP contribution in [0.3, 0.4) is 0 Å². The summed E-state index contributed by atoms with van der Waals surface area (Å²) >= 11 is 0. The number of piperidine rings is 2. The first-order valence-electron chi connectivity index (χ1n) is 13.9. The van der Waals surface area contributed by atoms with Crippen molar-refractivity contribution in [2.24, 2.45) is 11.8 Å². The Kier molecular flexibility index (Phi) is 9.62. The maximum absolute atomic E-state index is 13.7. The first-order valence-corrected chi connectivity index (χ1v) is 13.9. The smallest absolute Gasteiger partial charge is 0.325 e. The molecular formula is C30H40N4O4. The molecule has 2 aliphatic rings. The number of hydrogen-bond acceptors (Lipinski definition) is 5. The lowest BCUT2D eigenvalue weighted by Gasteiger charge is -2.36. The average molecular weight is 521 g/mol. The Morgan fingerprint density at radius 2 is 1.66 bits per heavy atom. The van der Waals surface area contributed by atoms with Gasteiger partial charge in [0.1, 0.15) is 6.54 Å². The Hall–Kier alpha value is -3.55. The lowest BCUT2D eigenvalue weighted by atomic mass is 9.89. The number of carbonyl (C=O) groups is 3. The number of rotatable bonds is 8. The molecule has 0 aliphatic carbocycles.